The minimum Gasteiger partial charge on any atom is -0.302 e. The van der Waals surface area contributed by atoms with E-state index in [1.165, 1.54) is 6.92 Å². The zero-order chi connectivity index (χ0) is 9.84. The van der Waals surface area contributed by atoms with Gasteiger partial charge >= 0.3 is 0 Å². The summed E-state index contributed by atoms with van der Waals surface area (Å²) >= 11 is 3.28. The van der Waals surface area contributed by atoms with Gasteiger partial charge in [-0.2, -0.15) is 0 Å². The Labute approximate surface area is 85.1 Å². The summed E-state index contributed by atoms with van der Waals surface area (Å²) in [6.07, 6.45) is 0.671. The minimum absolute atomic E-state index is 0.131. The summed E-state index contributed by atoms with van der Waals surface area (Å²) in [7, 11) is 0. The molecule has 0 fully saturated rings. The zero-order valence-corrected chi connectivity index (χ0v) is 8.74. The Morgan fingerprint density at radius 2 is 2.23 bits per heavy atom. The molecule has 0 aromatic heterocycles. The van der Waals surface area contributed by atoms with Crippen molar-refractivity contribution in [2.45, 2.75) is 12.8 Å². The van der Waals surface area contributed by atoms with E-state index in [-0.39, 0.29) is 5.78 Å². The molecular formula is C10H9BrO2. The lowest BCUT2D eigenvalue weighted by molar-refractivity contribution is -0.122. The highest BCUT2D eigenvalue weighted by Gasteiger charge is 2.15. The highest BCUT2D eigenvalue weighted by molar-refractivity contribution is 9.10. The molecule has 0 spiro atoms. The van der Waals surface area contributed by atoms with Gasteiger partial charge in [-0.3, -0.25) is 4.79 Å². The second-order valence-electron chi connectivity index (χ2n) is 2.78. The van der Waals surface area contributed by atoms with Crippen molar-refractivity contribution in [1.29, 1.82) is 0 Å². The van der Waals surface area contributed by atoms with E-state index in [4.69, 9.17) is 0 Å². The van der Waals surface area contributed by atoms with Crippen LogP contribution in [0.15, 0.2) is 28.7 Å². The number of carbonyl (C=O) groups is 2. The van der Waals surface area contributed by atoms with Gasteiger partial charge < -0.3 is 4.79 Å². The van der Waals surface area contributed by atoms with Gasteiger partial charge in [-0.05, 0) is 24.6 Å². The number of carbonyl (C=O) groups excluding carboxylic acids is 2. The number of hydrogen-bond acceptors (Lipinski definition) is 2. The van der Waals surface area contributed by atoms with Gasteiger partial charge in [-0.1, -0.05) is 28.1 Å². The molecule has 68 valence electrons. The largest absolute Gasteiger partial charge is 0.302 e. The molecule has 1 aromatic rings. The number of ketones is 1. The zero-order valence-electron chi connectivity index (χ0n) is 7.16. The lowest BCUT2D eigenvalue weighted by atomic mass is 9.97. The monoisotopic (exact) mass is 240 g/mol. The number of benzene rings is 1. The first-order valence-corrected chi connectivity index (χ1v) is 4.65. The summed E-state index contributed by atoms with van der Waals surface area (Å²) in [5.41, 5.74) is 0.733. The smallest absolute Gasteiger partial charge is 0.144 e. The van der Waals surface area contributed by atoms with Crippen LogP contribution in [0.25, 0.3) is 0 Å². The lowest BCUT2D eigenvalue weighted by Crippen LogP contribution is -2.09. The average molecular weight is 241 g/mol. The molecule has 0 saturated carbocycles. The number of rotatable bonds is 3. The molecule has 0 amide bonds. The molecule has 1 atom stereocenters. The Hall–Kier alpha value is -0.960. The van der Waals surface area contributed by atoms with E-state index < -0.39 is 5.92 Å². The van der Waals surface area contributed by atoms with Crippen LogP contribution in [0.2, 0.25) is 0 Å². The molecule has 0 aliphatic heterocycles. The van der Waals surface area contributed by atoms with Crippen LogP contribution in [0.5, 0.6) is 0 Å². The van der Waals surface area contributed by atoms with Crippen molar-refractivity contribution in [2.24, 2.45) is 0 Å². The summed E-state index contributed by atoms with van der Waals surface area (Å²) in [5.74, 6) is -0.759. The molecule has 0 aliphatic rings. The van der Waals surface area contributed by atoms with Crippen LogP contribution in [0.4, 0.5) is 0 Å². The van der Waals surface area contributed by atoms with Gasteiger partial charge in [0.15, 0.2) is 0 Å². The topological polar surface area (TPSA) is 34.1 Å². The highest BCUT2D eigenvalue weighted by Crippen LogP contribution is 2.19. The van der Waals surface area contributed by atoms with Crippen LogP contribution in [-0.2, 0) is 9.59 Å². The normalized spacial score (nSPS) is 12.2. The first kappa shape index (κ1) is 10.1. The quantitative estimate of drug-likeness (QED) is 0.601. The Bertz CT molecular complexity index is 333. The second-order valence-corrected chi connectivity index (χ2v) is 3.70. The molecule has 3 heteroatoms. The first-order chi connectivity index (χ1) is 6.15. The van der Waals surface area contributed by atoms with Gasteiger partial charge in [0.1, 0.15) is 12.1 Å². The van der Waals surface area contributed by atoms with E-state index in [9.17, 15) is 9.59 Å². The van der Waals surface area contributed by atoms with Crippen LogP contribution in [0, 0.1) is 0 Å². The van der Waals surface area contributed by atoms with Crippen molar-refractivity contribution in [3.05, 3.63) is 34.3 Å². The van der Waals surface area contributed by atoms with Crippen LogP contribution in [-0.4, -0.2) is 12.1 Å². The summed E-state index contributed by atoms with van der Waals surface area (Å²) in [6, 6.07) is 7.20. The van der Waals surface area contributed by atoms with E-state index >= 15 is 0 Å². The van der Waals surface area contributed by atoms with Gasteiger partial charge in [0, 0.05) is 4.47 Å². The van der Waals surface area contributed by atoms with Crippen molar-refractivity contribution in [3.8, 4) is 0 Å². The standard InChI is InChI=1S/C10H9BrO2/c1-7(13)10(6-12)8-3-2-4-9(11)5-8/h2-6,10H,1H3. The molecule has 1 unspecified atom stereocenters. The van der Waals surface area contributed by atoms with Crippen LogP contribution in [0.1, 0.15) is 18.4 Å². The van der Waals surface area contributed by atoms with Crippen LogP contribution >= 0.6 is 15.9 Å². The van der Waals surface area contributed by atoms with E-state index in [1.54, 1.807) is 18.2 Å². The molecule has 1 aromatic carbocycles. The maximum Gasteiger partial charge on any atom is 0.144 e. The van der Waals surface area contributed by atoms with Crippen molar-refractivity contribution in [1.82, 2.24) is 0 Å². The van der Waals surface area contributed by atoms with Gasteiger partial charge in [0.05, 0.1) is 5.92 Å². The number of hydrogen-bond donors (Lipinski definition) is 0. The highest BCUT2D eigenvalue weighted by atomic mass is 79.9. The van der Waals surface area contributed by atoms with Gasteiger partial charge in [-0.25, -0.2) is 0 Å². The van der Waals surface area contributed by atoms with Crippen LogP contribution in [0.3, 0.4) is 0 Å². The average Bonchev–Trinajstić information content (AvgIpc) is 2.04. The summed E-state index contributed by atoms with van der Waals surface area (Å²) in [4.78, 5) is 21.7. The van der Waals surface area contributed by atoms with E-state index in [1.807, 2.05) is 6.07 Å². The Morgan fingerprint density at radius 1 is 1.54 bits per heavy atom. The van der Waals surface area contributed by atoms with Gasteiger partial charge in [0.25, 0.3) is 0 Å². The summed E-state index contributed by atoms with van der Waals surface area (Å²) in [6.45, 7) is 1.42. The molecule has 0 aliphatic carbocycles. The lowest BCUT2D eigenvalue weighted by Gasteiger charge is -2.06. The van der Waals surface area contributed by atoms with E-state index in [0.717, 1.165) is 10.0 Å². The molecule has 1 rings (SSSR count). The summed E-state index contributed by atoms with van der Waals surface area (Å²) < 4.78 is 0.873. The molecule has 2 nitrogen and oxygen atoms in total. The molecule has 0 bridgehead atoms. The van der Waals surface area contributed by atoms with Crippen molar-refractivity contribution < 1.29 is 9.59 Å². The number of Topliss-reactive ketones (excluding diaryl/α,β-unsaturated/α-hetero) is 1. The molecule has 0 radical (unpaired) electrons. The fourth-order valence-corrected chi connectivity index (χ4v) is 1.53. The molecule has 13 heavy (non-hydrogen) atoms. The molecular weight excluding hydrogens is 232 g/mol. The number of halogens is 1. The second kappa shape index (κ2) is 4.33. The van der Waals surface area contributed by atoms with E-state index in [0.29, 0.717) is 6.29 Å². The minimum atomic E-state index is -0.627. The third-order valence-electron chi connectivity index (χ3n) is 1.78. The Balaban J connectivity index is 3.04. The van der Waals surface area contributed by atoms with Crippen molar-refractivity contribution in [3.63, 3.8) is 0 Å². The van der Waals surface area contributed by atoms with Crippen LogP contribution < -0.4 is 0 Å². The third-order valence-corrected chi connectivity index (χ3v) is 2.28. The molecule has 0 N–H and O–H groups in total. The summed E-state index contributed by atoms with van der Waals surface area (Å²) in [5, 5.41) is 0. The fourth-order valence-electron chi connectivity index (χ4n) is 1.11. The maximum atomic E-state index is 11.0. The molecule has 0 heterocycles. The van der Waals surface area contributed by atoms with Gasteiger partial charge in [0.2, 0.25) is 0 Å². The van der Waals surface area contributed by atoms with Gasteiger partial charge in [-0.15, -0.1) is 0 Å². The molecule has 0 saturated heterocycles. The Morgan fingerprint density at radius 3 is 2.69 bits per heavy atom. The SMILES string of the molecule is CC(=O)C(C=O)c1cccc(Br)c1. The van der Waals surface area contributed by atoms with E-state index in [2.05, 4.69) is 15.9 Å². The van der Waals surface area contributed by atoms with Crippen molar-refractivity contribution >= 4 is 28.0 Å². The maximum absolute atomic E-state index is 11.0. The third kappa shape index (κ3) is 2.49. The predicted octanol–water partition coefficient (Wildman–Crippen LogP) is 2.32. The number of aldehydes is 1. The Kier molecular flexibility index (Phi) is 3.37. The fraction of sp³-hybridized carbons (Fsp3) is 0.200. The first-order valence-electron chi connectivity index (χ1n) is 3.86. The predicted molar refractivity (Wildman–Crippen MR) is 53.6 cm³/mol. The van der Waals surface area contributed by atoms with Crippen molar-refractivity contribution in [2.75, 3.05) is 0 Å².